The normalized spacial score (nSPS) is 18.5. The average molecular weight is 265 g/mol. The molecule has 1 atom stereocenters. The van der Waals surface area contributed by atoms with Gasteiger partial charge in [-0.2, -0.15) is 0 Å². The van der Waals surface area contributed by atoms with E-state index in [1.165, 1.54) is 19.1 Å². The van der Waals surface area contributed by atoms with Crippen LogP contribution in [0.3, 0.4) is 0 Å². The van der Waals surface area contributed by atoms with Crippen LogP contribution in [0.25, 0.3) is 0 Å². The summed E-state index contributed by atoms with van der Waals surface area (Å²) in [4.78, 5) is 24.3. The molecule has 1 amide bonds. The number of carbonyl (C=O) groups excluding carboxylic acids is 1. The van der Waals surface area contributed by atoms with Crippen LogP contribution in [0.2, 0.25) is 0 Å². The van der Waals surface area contributed by atoms with E-state index in [2.05, 4.69) is 0 Å². The van der Waals surface area contributed by atoms with Gasteiger partial charge in [0.2, 0.25) is 5.91 Å². The molecule has 1 aromatic rings. The van der Waals surface area contributed by atoms with Crippen molar-refractivity contribution in [3.05, 3.63) is 18.2 Å². The number of carboxylic acids is 1. The molecule has 0 saturated carbocycles. The average Bonchev–Trinajstić information content (AvgIpc) is 2.80. The number of hydrogen-bond donors (Lipinski definition) is 1. The van der Waals surface area contributed by atoms with Crippen molar-refractivity contribution < 1.29 is 24.2 Å². The summed E-state index contributed by atoms with van der Waals surface area (Å²) in [5, 5.41) is 8.99. The van der Waals surface area contributed by atoms with E-state index < -0.39 is 11.9 Å². The molecule has 0 aromatic heterocycles. The van der Waals surface area contributed by atoms with Crippen LogP contribution in [0.4, 0.5) is 5.69 Å². The number of ether oxygens (including phenoxy) is 2. The molecule has 0 radical (unpaired) electrons. The zero-order valence-corrected chi connectivity index (χ0v) is 10.8. The SMILES string of the molecule is COc1ccc(OC)c(N2C[C@H](C(=O)O)CC2=O)c1. The van der Waals surface area contributed by atoms with Crippen LogP contribution in [0.1, 0.15) is 6.42 Å². The Hall–Kier alpha value is -2.24. The highest BCUT2D eigenvalue weighted by atomic mass is 16.5. The van der Waals surface area contributed by atoms with Crippen molar-refractivity contribution >= 4 is 17.6 Å². The smallest absolute Gasteiger partial charge is 0.308 e. The van der Waals surface area contributed by atoms with Gasteiger partial charge in [-0.3, -0.25) is 9.59 Å². The highest BCUT2D eigenvalue weighted by Gasteiger charge is 2.36. The maximum atomic E-state index is 11.9. The molecule has 1 aliphatic rings. The van der Waals surface area contributed by atoms with E-state index in [1.807, 2.05) is 0 Å². The molecule has 1 aliphatic heterocycles. The third-order valence-corrected chi connectivity index (χ3v) is 3.15. The van der Waals surface area contributed by atoms with Crippen molar-refractivity contribution in [2.45, 2.75) is 6.42 Å². The maximum absolute atomic E-state index is 11.9. The van der Waals surface area contributed by atoms with E-state index in [4.69, 9.17) is 14.6 Å². The molecule has 19 heavy (non-hydrogen) atoms. The summed E-state index contributed by atoms with van der Waals surface area (Å²) in [5.74, 6) is -0.761. The molecule has 0 spiro atoms. The van der Waals surface area contributed by atoms with Crippen molar-refractivity contribution in [3.8, 4) is 11.5 Å². The Labute approximate surface area is 110 Å². The number of carboxylic acid groups (broad SMARTS) is 1. The number of hydrogen-bond acceptors (Lipinski definition) is 4. The molecule has 6 heteroatoms. The number of nitrogens with zero attached hydrogens (tertiary/aromatic N) is 1. The Morgan fingerprint density at radius 3 is 2.63 bits per heavy atom. The second kappa shape index (κ2) is 5.17. The second-order valence-electron chi connectivity index (χ2n) is 4.28. The molecule has 1 heterocycles. The number of methoxy groups -OCH3 is 2. The van der Waals surface area contributed by atoms with Gasteiger partial charge in [-0.05, 0) is 12.1 Å². The highest BCUT2D eigenvalue weighted by Crippen LogP contribution is 2.35. The third kappa shape index (κ3) is 2.47. The van der Waals surface area contributed by atoms with Crippen molar-refractivity contribution in [1.29, 1.82) is 0 Å². The molecule has 1 N–H and O–H groups in total. The quantitative estimate of drug-likeness (QED) is 0.883. The first-order valence-corrected chi connectivity index (χ1v) is 5.82. The predicted octanol–water partition coefficient (Wildman–Crippen LogP) is 1.14. The van der Waals surface area contributed by atoms with E-state index >= 15 is 0 Å². The lowest BCUT2D eigenvalue weighted by atomic mass is 10.1. The lowest BCUT2D eigenvalue weighted by Crippen LogP contribution is -2.26. The third-order valence-electron chi connectivity index (χ3n) is 3.15. The van der Waals surface area contributed by atoms with Crippen molar-refractivity contribution in [2.24, 2.45) is 5.92 Å². The standard InChI is InChI=1S/C13H15NO5/c1-18-9-3-4-11(19-2)10(6-9)14-7-8(13(16)17)5-12(14)15/h3-4,6,8H,5,7H2,1-2H3,(H,16,17)/t8-/m1/s1. The van der Waals surface area contributed by atoms with Crippen LogP contribution in [0, 0.1) is 5.92 Å². The fourth-order valence-corrected chi connectivity index (χ4v) is 2.11. The summed E-state index contributed by atoms with van der Waals surface area (Å²) >= 11 is 0. The van der Waals surface area contributed by atoms with Crippen LogP contribution < -0.4 is 14.4 Å². The lowest BCUT2D eigenvalue weighted by molar-refractivity contribution is -0.141. The second-order valence-corrected chi connectivity index (χ2v) is 4.28. The van der Waals surface area contributed by atoms with Gasteiger partial charge in [-0.25, -0.2) is 0 Å². The number of rotatable bonds is 4. The first kappa shape index (κ1) is 13.2. The van der Waals surface area contributed by atoms with Crippen molar-refractivity contribution in [2.75, 3.05) is 25.7 Å². The van der Waals surface area contributed by atoms with Gasteiger partial charge in [-0.1, -0.05) is 0 Å². The molecule has 1 saturated heterocycles. The minimum Gasteiger partial charge on any atom is -0.497 e. The summed E-state index contributed by atoms with van der Waals surface area (Å²) < 4.78 is 10.3. The van der Waals surface area contributed by atoms with E-state index in [0.717, 1.165) is 0 Å². The summed E-state index contributed by atoms with van der Waals surface area (Å²) in [6.45, 7) is 0.150. The molecule has 0 unspecified atom stereocenters. The fraction of sp³-hybridized carbons (Fsp3) is 0.385. The zero-order valence-electron chi connectivity index (χ0n) is 10.8. The molecule has 1 aromatic carbocycles. The van der Waals surface area contributed by atoms with Gasteiger partial charge < -0.3 is 19.5 Å². The topological polar surface area (TPSA) is 76.1 Å². The minimum absolute atomic E-state index is 0.00962. The molecule has 102 valence electrons. The Morgan fingerprint density at radius 2 is 2.11 bits per heavy atom. The Bertz CT molecular complexity index is 514. The molecule has 0 bridgehead atoms. The molecule has 1 fully saturated rings. The van der Waals surface area contributed by atoms with Crippen molar-refractivity contribution in [1.82, 2.24) is 0 Å². The first-order valence-electron chi connectivity index (χ1n) is 5.82. The number of carbonyl (C=O) groups is 2. The molecule has 6 nitrogen and oxygen atoms in total. The fourth-order valence-electron chi connectivity index (χ4n) is 2.11. The largest absolute Gasteiger partial charge is 0.497 e. The lowest BCUT2D eigenvalue weighted by Gasteiger charge is -2.19. The van der Waals surface area contributed by atoms with Crippen molar-refractivity contribution in [3.63, 3.8) is 0 Å². The first-order chi connectivity index (χ1) is 9.06. The van der Waals surface area contributed by atoms with Gasteiger partial charge in [0.1, 0.15) is 11.5 Å². The molecule has 0 aliphatic carbocycles. The van der Waals surface area contributed by atoms with Crippen LogP contribution in [-0.4, -0.2) is 37.7 Å². The molecular weight excluding hydrogens is 250 g/mol. The zero-order chi connectivity index (χ0) is 14.0. The molecular formula is C13H15NO5. The van der Waals surface area contributed by atoms with E-state index in [0.29, 0.717) is 17.2 Å². The Kier molecular flexibility index (Phi) is 3.59. The van der Waals surface area contributed by atoms with Crippen LogP contribution in [0.15, 0.2) is 18.2 Å². The number of anilines is 1. The van der Waals surface area contributed by atoms with Gasteiger partial charge in [0.25, 0.3) is 0 Å². The van der Waals surface area contributed by atoms with Gasteiger partial charge in [0, 0.05) is 19.0 Å². The monoisotopic (exact) mass is 265 g/mol. The van der Waals surface area contributed by atoms with Crippen LogP contribution >= 0.6 is 0 Å². The van der Waals surface area contributed by atoms with Gasteiger partial charge in [0.05, 0.1) is 25.8 Å². The summed E-state index contributed by atoms with van der Waals surface area (Å²) in [6.07, 6.45) is 0.00962. The Morgan fingerprint density at radius 1 is 1.37 bits per heavy atom. The van der Waals surface area contributed by atoms with E-state index in [-0.39, 0.29) is 18.9 Å². The summed E-state index contributed by atoms with van der Waals surface area (Å²) in [6, 6.07) is 5.08. The predicted molar refractivity (Wildman–Crippen MR) is 67.6 cm³/mol. The van der Waals surface area contributed by atoms with E-state index in [9.17, 15) is 9.59 Å². The minimum atomic E-state index is -0.960. The van der Waals surface area contributed by atoms with Crippen LogP contribution in [0.5, 0.6) is 11.5 Å². The summed E-state index contributed by atoms with van der Waals surface area (Å²) in [5.41, 5.74) is 0.538. The number of aliphatic carboxylic acids is 1. The van der Waals surface area contributed by atoms with Gasteiger partial charge in [-0.15, -0.1) is 0 Å². The summed E-state index contributed by atoms with van der Waals surface area (Å²) in [7, 11) is 3.03. The Balaban J connectivity index is 2.35. The maximum Gasteiger partial charge on any atom is 0.308 e. The van der Waals surface area contributed by atoms with Crippen LogP contribution in [-0.2, 0) is 9.59 Å². The van der Waals surface area contributed by atoms with Gasteiger partial charge in [0.15, 0.2) is 0 Å². The number of benzene rings is 1. The molecule has 2 rings (SSSR count). The van der Waals surface area contributed by atoms with Gasteiger partial charge >= 0.3 is 5.97 Å². The van der Waals surface area contributed by atoms with E-state index in [1.54, 1.807) is 18.2 Å². The highest BCUT2D eigenvalue weighted by molar-refractivity contribution is 6.00. The number of amides is 1.